The summed E-state index contributed by atoms with van der Waals surface area (Å²) in [5.41, 5.74) is 4.41. The molecule has 10 heteroatoms. The van der Waals surface area contributed by atoms with E-state index in [2.05, 4.69) is 30.1 Å². The molecule has 0 aliphatic carbocycles. The van der Waals surface area contributed by atoms with E-state index in [9.17, 15) is 0 Å². The minimum atomic E-state index is 0.527. The molecular weight excluding hydrogens is 466 g/mol. The van der Waals surface area contributed by atoms with Crippen LogP contribution in [0.5, 0.6) is 11.5 Å². The van der Waals surface area contributed by atoms with Gasteiger partial charge in [-0.2, -0.15) is 4.98 Å². The van der Waals surface area contributed by atoms with Crippen LogP contribution in [-0.4, -0.2) is 60.3 Å². The Bertz CT molecular complexity index is 1340. The van der Waals surface area contributed by atoms with Crippen LogP contribution in [0.25, 0.3) is 11.0 Å². The van der Waals surface area contributed by atoms with Gasteiger partial charge < -0.3 is 24.6 Å². The fourth-order valence-corrected chi connectivity index (χ4v) is 4.35. The molecule has 4 aromatic rings. The molecule has 0 unspecified atom stereocenters. The highest BCUT2D eigenvalue weighted by Gasteiger charge is 2.21. The van der Waals surface area contributed by atoms with Crippen LogP contribution < -0.4 is 24.6 Å². The van der Waals surface area contributed by atoms with Gasteiger partial charge in [0.05, 0.1) is 30.4 Å². The van der Waals surface area contributed by atoms with Crippen molar-refractivity contribution in [3.8, 4) is 11.5 Å². The zero-order chi connectivity index (χ0) is 24.4. The first-order chi connectivity index (χ1) is 17.0. The molecule has 0 radical (unpaired) electrons. The lowest BCUT2D eigenvalue weighted by Gasteiger charge is -2.37. The zero-order valence-corrected chi connectivity index (χ0v) is 20.6. The molecule has 1 aromatic carbocycles. The smallest absolute Gasteiger partial charge is 0.229 e. The summed E-state index contributed by atoms with van der Waals surface area (Å²) in [4.78, 5) is 22.9. The molecule has 0 spiro atoms. The summed E-state index contributed by atoms with van der Waals surface area (Å²) < 4.78 is 10.7. The van der Waals surface area contributed by atoms with Crippen molar-refractivity contribution in [3.63, 3.8) is 0 Å². The fraction of sp³-hybridized carbons (Fsp3) is 0.280. The number of rotatable bonds is 6. The van der Waals surface area contributed by atoms with Crippen LogP contribution in [0.2, 0.25) is 5.02 Å². The zero-order valence-electron chi connectivity index (χ0n) is 19.8. The van der Waals surface area contributed by atoms with E-state index < -0.39 is 0 Å². The first-order valence-electron chi connectivity index (χ1n) is 11.3. The maximum absolute atomic E-state index is 6.10. The quantitative estimate of drug-likeness (QED) is 0.419. The largest absolute Gasteiger partial charge is 0.497 e. The number of methoxy groups -OCH3 is 2. The van der Waals surface area contributed by atoms with E-state index in [0.29, 0.717) is 22.5 Å². The van der Waals surface area contributed by atoms with Gasteiger partial charge in [-0.15, -0.1) is 0 Å². The normalized spacial score (nSPS) is 13.7. The highest BCUT2D eigenvalue weighted by molar-refractivity contribution is 6.31. The summed E-state index contributed by atoms with van der Waals surface area (Å²) in [6, 6.07) is 11.5. The lowest BCUT2D eigenvalue weighted by atomic mass is 10.2. The number of ether oxygens (including phenoxy) is 2. The van der Waals surface area contributed by atoms with E-state index in [0.717, 1.165) is 60.1 Å². The van der Waals surface area contributed by atoms with Gasteiger partial charge in [0.2, 0.25) is 5.95 Å². The number of anilines is 4. The van der Waals surface area contributed by atoms with Crippen molar-refractivity contribution in [1.29, 1.82) is 0 Å². The van der Waals surface area contributed by atoms with Crippen molar-refractivity contribution in [2.45, 2.75) is 6.92 Å². The second-order valence-corrected chi connectivity index (χ2v) is 8.68. The molecule has 4 heterocycles. The minimum absolute atomic E-state index is 0.527. The number of fused-ring (bicyclic) bond motifs is 1. The summed E-state index contributed by atoms with van der Waals surface area (Å²) in [5.74, 6) is 2.80. The average molecular weight is 492 g/mol. The number of nitrogens with one attached hydrogen (secondary N) is 1. The van der Waals surface area contributed by atoms with Gasteiger partial charge in [-0.05, 0) is 19.1 Å². The number of aryl methyl sites for hydroxylation is 1. The van der Waals surface area contributed by atoms with Gasteiger partial charge in [0.1, 0.15) is 22.8 Å². The van der Waals surface area contributed by atoms with E-state index in [1.54, 1.807) is 26.6 Å². The van der Waals surface area contributed by atoms with E-state index in [1.165, 1.54) is 0 Å². The predicted molar refractivity (Wildman–Crippen MR) is 139 cm³/mol. The van der Waals surface area contributed by atoms with Gasteiger partial charge in [0.15, 0.2) is 0 Å². The molecule has 180 valence electrons. The van der Waals surface area contributed by atoms with E-state index >= 15 is 0 Å². The number of hydrogen-bond donors (Lipinski definition) is 1. The topological polar surface area (TPSA) is 88.5 Å². The third-order valence-electron chi connectivity index (χ3n) is 5.92. The monoisotopic (exact) mass is 491 g/mol. The van der Waals surface area contributed by atoms with Gasteiger partial charge in [0.25, 0.3) is 0 Å². The summed E-state index contributed by atoms with van der Waals surface area (Å²) in [7, 11) is 3.25. The number of halogens is 1. The molecule has 1 saturated heterocycles. The Morgan fingerprint density at radius 3 is 2.31 bits per heavy atom. The van der Waals surface area contributed by atoms with Gasteiger partial charge in [0, 0.05) is 74.2 Å². The Morgan fingerprint density at radius 2 is 1.60 bits per heavy atom. The molecule has 35 heavy (non-hydrogen) atoms. The third kappa shape index (κ3) is 5.00. The van der Waals surface area contributed by atoms with Crippen molar-refractivity contribution >= 4 is 45.8 Å². The first kappa shape index (κ1) is 22.9. The second kappa shape index (κ2) is 9.79. The van der Waals surface area contributed by atoms with Crippen molar-refractivity contribution in [2.24, 2.45) is 0 Å². The van der Waals surface area contributed by atoms with Crippen LogP contribution in [0.1, 0.15) is 5.69 Å². The van der Waals surface area contributed by atoms with Gasteiger partial charge in [-0.3, -0.25) is 9.97 Å². The Morgan fingerprint density at radius 1 is 0.886 bits per heavy atom. The van der Waals surface area contributed by atoms with E-state index in [-0.39, 0.29) is 0 Å². The lowest BCUT2D eigenvalue weighted by Crippen LogP contribution is -2.47. The molecule has 1 aliphatic heterocycles. The lowest BCUT2D eigenvalue weighted by molar-refractivity contribution is 0.395. The number of aromatic nitrogens is 4. The molecule has 1 aliphatic rings. The van der Waals surface area contributed by atoms with E-state index in [4.69, 9.17) is 26.1 Å². The van der Waals surface area contributed by atoms with Crippen LogP contribution in [0.15, 0.2) is 48.8 Å². The Kier molecular flexibility index (Phi) is 6.41. The van der Waals surface area contributed by atoms with Crippen LogP contribution in [-0.2, 0) is 0 Å². The first-order valence-corrected chi connectivity index (χ1v) is 11.7. The van der Waals surface area contributed by atoms with Crippen LogP contribution in [0.4, 0.5) is 23.1 Å². The number of piperazine rings is 1. The van der Waals surface area contributed by atoms with Gasteiger partial charge in [-0.1, -0.05) is 11.6 Å². The summed E-state index contributed by atoms with van der Waals surface area (Å²) in [5, 5.41) is 3.87. The van der Waals surface area contributed by atoms with Gasteiger partial charge in [-0.25, -0.2) is 4.98 Å². The highest BCUT2D eigenvalue weighted by Crippen LogP contribution is 2.29. The molecule has 1 fully saturated rings. The fourth-order valence-electron chi connectivity index (χ4n) is 4.20. The highest BCUT2D eigenvalue weighted by atomic mass is 35.5. The second-order valence-electron chi connectivity index (χ2n) is 8.24. The number of benzene rings is 1. The Hall–Kier alpha value is -3.85. The molecule has 0 bridgehead atoms. The SMILES string of the molecule is COc1cc(Nc2nc(C)cc(N3CCN(c4ccnc5cc(Cl)cnc45)CC3)n2)cc(OC)c1. The predicted octanol–water partition coefficient (Wildman–Crippen LogP) is 4.47. The molecule has 0 amide bonds. The minimum Gasteiger partial charge on any atom is -0.497 e. The third-order valence-corrected chi connectivity index (χ3v) is 6.12. The Labute approximate surface area is 208 Å². The molecule has 5 rings (SSSR count). The number of pyridine rings is 2. The van der Waals surface area contributed by atoms with Gasteiger partial charge >= 0.3 is 0 Å². The standard InChI is InChI=1S/C25H26ClN7O2/c1-16-10-23(31-25(29-16)30-18-12-19(34-2)14-20(13-18)35-3)33-8-6-32(7-9-33)22-4-5-27-21-11-17(26)15-28-24(21)22/h4-5,10-15H,6-9H2,1-3H3,(H,29,30,31). The summed E-state index contributed by atoms with van der Waals surface area (Å²) >= 11 is 6.10. The molecule has 0 atom stereocenters. The maximum atomic E-state index is 6.10. The van der Waals surface area contributed by atoms with Crippen LogP contribution >= 0.6 is 11.6 Å². The molecule has 1 N–H and O–H groups in total. The van der Waals surface area contributed by atoms with E-state index in [1.807, 2.05) is 43.3 Å². The molecular formula is C25H26ClN7O2. The Balaban J connectivity index is 1.33. The molecule has 3 aromatic heterocycles. The molecule has 9 nitrogen and oxygen atoms in total. The van der Waals surface area contributed by atoms with Crippen LogP contribution in [0.3, 0.4) is 0 Å². The summed E-state index contributed by atoms with van der Waals surface area (Å²) in [6.45, 7) is 5.28. The molecule has 0 saturated carbocycles. The van der Waals surface area contributed by atoms with Crippen molar-refractivity contribution in [1.82, 2.24) is 19.9 Å². The van der Waals surface area contributed by atoms with Crippen molar-refractivity contribution < 1.29 is 9.47 Å². The maximum Gasteiger partial charge on any atom is 0.229 e. The number of hydrogen-bond acceptors (Lipinski definition) is 9. The number of nitrogens with zero attached hydrogens (tertiary/aromatic N) is 6. The summed E-state index contributed by atoms with van der Waals surface area (Å²) in [6.07, 6.45) is 3.47. The van der Waals surface area contributed by atoms with Crippen molar-refractivity contribution in [3.05, 3.63) is 59.5 Å². The average Bonchev–Trinajstić information content (AvgIpc) is 2.87. The van der Waals surface area contributed by atoms with Crippen LogP contribution in [0, 0.1) is 6.92 Å². The van der Waals surface area contributed by atoms with Crippen molar-refractivity contribution in [2.75, 3.05) is 55.5 Å².